The Morgan fingerprint density at radius 1 is 1.67 bits per heavy atom. The summed E-state index contributed by atoms with van der Waals surface area (Å²) in [5, 5.41) is 20.3. The normalized spacial score (nSPS) is 11.1. The maximum absolute atomic E-state index is 10.1. The van der Waals surface area contributed by atoms with Crippen LogP contribution in [0.2, 0.25) is 0 Å². The van der Waals surface area contributed by atoms with E-state index in [2.05, 4.69) is 5.32 Å². The van der Waals surface area contributed by atoms with Crippen LogP contribution in [0.5, 0.6) is 0 Å². The Morgan fingerprint density at radius 3 is 2.22 bits per heavy atom. The highest BCUT2D eigenvalue weighted by atomic mass is 16.5. The lowest BCUT2D eigenvalue weighted by atomic mass is 10.3. The van der Waals surface area contributed by atoms with Gasteiger partial charge in [-0.2, -0.15) is 5.32 Å². The second-order valence-electron chi connectivity index (χ2n) is 1.76. The number of hydrogen-bond donors (Lipinski definition) is 2. The number of amides is 1. The Kier molecular flexibility index (Phi) is 2.61. The Hall–Kier alpha value is -0.610. The zero-order valence-electron chi connectivity index (χ0n) is 5.46. The zero-order chi connectivity index (χ0) is 7.49. The van der Waals surface area contributed by atoms with Gasteiger partial charge in [0.1, 0.15) is 0 Å². The van der Waals surface area contributed by atoms with Crippen molar-refractivity contribution in [3.05, 3.63) is 0 Å². The summed E-state index contributed by atoms with van der Waals surface area (Å²) in [6, 6.07) is 0. The van der Waals surface area contributed by atoms with Gasteiger partial charge in [-0.25, -0.2) is 0 Å². The van der Waals surface area contributed by atoms with E-state index in [-0.39, 0.29) is 6.42 Å². The van der Waals surface area contributed by atoms with Crippen molar-refractivity contribution in [3.8, 4) is 0 Å². The monoisotopic (exact) mass is 132 g/mol. The first-order valence-electron chi connectivity index (χ1n) is 2.66. The third kappa shape index (κ3) is 3.93. The molecule has 0 fully saturated rings. The van der Waals surface area contributed by atoms with E-state index in [1.54, 1.807) is 0 Å². The highest BCUT2D eigenvalue weighted by Crippen LogP contribution is 2.00. The minimum Gasteiger partial charge on any atom is -0.347 e. The van der Waals surface area contributed by atoms with E-state index >= 15 is 0 Å². The summed E-state index contributed by atoms with van der Waals surface area (Å²) in [6.07, 6.45) is 0.0204. The van der Waals surface area contributed by atoms with Crippen LogP contribution in [0.3, 0.4) is 0 Å². The summed E-state index contributed by atoms with van der Waals surface area (Å²) >= 11 is 0. The summed E-state index contributed by atoms with van der Waals surface area (Å²) < 4.78 is 0. The van der Waals surface area contributed by atoms with Gasteiger partial charge in [-0.15, -0.1) is 0 Å². The van der Waals surface area contributed by atoms with Crippen LogP contribution in [-0.2, 0) is 4.79 Å². The first-order valence-corrected chi connectivity index (χ1v) is 2.66. The molecule has 0 bridgehead atoms. The predicted molar refractivity (Wildman–Crippen MR) is 30.3 cm³/mol. The number of hydrogen-bond acceptors (Lipinski definition) is 3. The van der Waals surface area contributed by atoms with Crippen LogP contribution in [0.15, 0.2) is 0 Å². The van der Waals surface area contributed by atoms with Crippen molar-refractivity contribution < 1.29 is 15.0 Å². The lowest BCUT2D eigenvalue weighted by Crippen LogP contribution is -2.40. The molecule has 2 N–H and O–H groups in total. The van der Waals surface area contributed by atoms with Crippen molar-refractivity contribution in [2.45, 2.75) is 26.2 Å². The zero-order valence-corrected chi connectivity index (χ0v) is 5.46. The maximum atomic E-state index is 10.1. The van der Waals surface area contributed by atoms with Crippen molar-refractivity contribution in [2.24, 2.45) is 0 Å². The van der Waals surface area contributed by atoms with Gasteiger partial charge in [0.2, 0.25) is 5.91 Å². The Labute approximate surface area is 53.5 Å². The van der Waals surface area contributed by atoms with Gasteiger partial charge in [-0.3, -0.25) is 4.79 Å². The molecular weight excluding hydrogens is 122 g/mol. The molecule has 0 atom stereocenters. The van der Waals surface area contributed by atoms with Gasteiger partial charge < -0.3 is 10.2 Å². The average Bonchev–Trinajstić information content (AvgIpc) is 1.63. The first kappa shape index (κ1) is 8.39. The molecule has 9 heavy (non-hydrogen) atoms. The predicted octanol–water partition coefficient (Wildman–Crippen LogP) is -0.814. The largest absolute Gasteiger partial charge is 0.347 e. The van der Waals surface area contributed by atoms with Crippen molar-refractivity contribution >= 4 is 5.91 Å². The number of nitrogens with zero attached hydrogens (tertiary/aromatic N) is 1. The van der Waals surface area contributed by atoms with Gasteiger partial charge in [0.25, 0.3) is 5.91 Å². The fourth-order valence-corrected chi connectivity index (χ4v) is 0.331. The third-order valence-electron chi connectivity index (χ3n) is 0.811. The van der Waals surface area contributed by atoms with Crippen LogP contribution in [0.25, 0.3) is 0 Å². The molecule has 0 aromatic carbocycles. The minimum atomic E-state index is -2.16. The maximum Gasteiger partial charge on any atom is 0.267 e. The van der Waals surface area contributed by atoms with Crippen LogP contribution in [0.4, 0.5) is 0 Å². The van der Waals surface area contributed by atoms with Crippen LogP contribution < -0.4 is 5.32 Å². The highest BCUT2D eigenvalue weighted by molar-refractivity contribution is 5.72. The summed E-state index contributed by atoms with van der Waals surface area (Å²) in [7, 11) is 0. The first-order chi connectivity index (χ1) is 3.98. The smallest absolute Gasteiger partial charge is 0.267 e. The minimum absolute atomic E-state index is 0.0204. The lowest BCUT2D eigenvalue weighted by Gasteiger charge is -2.16. The molecular formula is C5H10NO3. The van der Waals surface area contributed by atoms with E-state index in [0.717, 1.165) is 6.92 Å². The quantitative estimate of drug-likeness (QED) is 0.482. The highest BCUT2D eigenvalue weighted by Gasteiger charge is 2.22. The Morgan fingerprint density at radius 2 is 2.11 bits per heavy atom. The van der Waals surface area contributed by atoms with Crippen LogP contribution >= 0.6 is 0 Å². The summed E-state index contributed by atoms with van der Waals surface area (Å²) in [4.78, 5) is 10.1. The van der Waals surface area contributed by atoms with Crippen LogP contribution in [0.1, 0.15) is 20.3 Å². The Bertz CT molecular complexity index is 111. The molecule has 0 aliphatic carbocycles. The van der Waals surface area contributed by atoms with Crippen molar-refractivity contribution in [1.29, 1.82) is 0 Å². The summed E-state index contributed by atoms with van der Waals surface area (Å²) in [5.74, 6) is -2.74. The molecule has 0 aromatic heterocycles. The van der Waals surface area contributed by atoms with Gasteiger partial charge in [0.05, 0.1) is 0 Å². The molecule has 1 radical (unpaired) electrons. The molecule has 0 heterocycles. The van der Waals surface area contributed by atoms with E-state index in [4.69, 9.17) is 10.2 Å². The van der Waals surface area contributed by atoms with Gasteiger partial charge >= 0.3 is 0 Å². The third-order valence-corrected chi connectivity index (χ3v) is 0.811. The van der Waals surface area contributed by atoms with Gasteiger partial charge in [-0.1, -0.05) is 6.92 Å². The fourth-order valence-electron chi connectivity index (χ4n) is 0.331. The van der Waals surface area contributed by atoms with E-state index in [0.29, 0.717) is 0 Å². The average molecular weight is 132 g/mol. The van der Waals surface area contributed by atoms with Crippen LogP contribution in [0, 0.1) is 0 Å². The lowest BCUT2D eigenvalue weighted by molar-refractivity contribution is -0.192. The molecule has 0 aliphatic rings. The topological polar surface area (TPSA) is 71.6 Å². The molecule has 1 amide bonds. The molecule has 0 rings (SSSR count). The molecule has 53 valence electrons. The number of carbonyl (C=O) groups is 1. The number of aliphatic hydroxyl groups is 2. The van der Waals surface area contributed by atoms with E-state index in [9.17, 15) is 4.79 Å². The molecule has 4 heteroatoms. The molecule has 0 saturated heterocycles. The van der Waals surface area contributed by atoms with Crippen molar-refractivity contribution in [2.75, 3.05) is 0 Å². The molecule has 0 aliphatic heterocycles. The number of rotatable bonds is 2. The standard InChI is InChI=1S/C5H10NO3/c1-3-5(8,9)6-4(2)7/h8-9H,3H2,1-2H3. The summed E-state index contributed by atoms with van der Waals surface area (Å²) in [6.45, 7) is 2.68. The molecule has 0 saturated carbocycles. The molecule has 4 nitrogen and oxygen atoms in total. The Balaban J connectivity index is 3.71. The fraction of sp³-hybridized carbons (Fsp3) is 0.800. The molecule has 0 aromatic rings. The van der Waals surface area contributed by atoms with Gasteiger partial charge in [0, 0.05) is 13.3 Å². The van der Waals surface area contributed by atoms with Crippen molar-refractivity contribution in [3.63, 3.8) is 0 Å². The van der Waals surface area contributed by atoms with Gasteiger partial charge in [-0.05, 0) is 0 Å². The van der Waals surface area contributed by atoms with E-state index in [1.165, 1.54) is 6.92 Å². The second kappa shape index (κ2) is 2.80. The molecule has 0 unspecified atom stereocenters. The van der Waals surface area contributed by atoms with E-state index < -0.39 is 11.8 Å². The SMILES string of the molecule is CCC(O)(O)[N]C(C)=O. The molecule has 0 spiro atoms. The second-order valence-corrected chi connectivity index (χ2v) is 1.76. The summed E-state index contributed by atoms with van der Waals surface area (Å²) in [5.41, 5.74) is 0. The van der Waals surface area contributed by atoms with Gasteiger partial charge in [0.15, 0.2) is 0 Å². The van der Waals surface area contributed by atoms with E-state index in [1.807, 2.05) is 0 Å². The number of carbonyl (C=O) groups excluding carboxylic acids is 1. The van der Waals surface area contributed by atoms with Crippen molar-refractivity contribution in [1.82, 2.24) is 5.32 Å². The van der Waals surface area contributed by atoms with Crippen LogP contribution in [-0.4, -0.2) is 22.0 Å².